The Morgan fingerprint density at radius 1 is 1.21 bits per heavy atom. The fraction of sp³-hybridized carbons (Fsp3) is 0.500. The zero-order valence-corrected chi connectivity index (χ0v) is 8.66. The van der Waals surface area contributed by atoms with E-state index in [1.807, 2.05) is 12.1 Å². The molecule has 0 saturated heterocycles. The van der Waals surface area contributed by atoms with Gasteiger partial charge in [0.2, 0.25) is 0 Å². The summed E-state index contributed by atoms with van der Waals surface area (Å²) in [6, 6.07) is 8.66. The maximum atomic E-state index is 5.63. The zero-order chi connectivity index (χ0) is 9.97. The molecule has 0 aliphatic heterocycles. The lowest BCUT2D eigenvalue weighted by Crippen LogP contribution is -2.21. The normalized spacial score (nSPS) is 26.4. The second-order valence-electron chi connectivity index (χ2n) is 4.28. The summed E-state index contributed by atoms with van der Waals surface area (Å²) in [5, 5.41) is 3.56. The van der Waals surface area contributed by atoms with Crippen LogP contribution in [-0.4, -0.2) is 6.04 Å². The van der Waals surface area contributed by atoms with Gasteiger partial charge in [0.1, 0.15) is 0 Å². The largest absolute Gasteiger partial charge is 0.399 e. The van der Waals surface area contributed by atoms with Gasteiger partial charge in [-0.05, 0) is 43.0 Å². The third-order valence-electron chi connectivity index (χ3n) is 3.12. The first-order chi connectivity index (χ1) is 6.75. The third-order valence-corrected chi connectivity index (χ3v) is 3.12. The molecule has 0 aromatic heterocycles. The molecule has 1 aromatic rings. The molecule has 1 aliphatic rings. The van der Waals surface area contributed by atoms with Crippen molar-refractivity contribution in [2.45, 2.75) is 32.2 Å². The van der Waals surface area contributed by atoms with Crippen LogP contribution >= 0.6 is 0 Å². The fourth-order valence-electron chi connectivity index (χ4n) is 2.15. The highest BCUT2D eigenvalue weighted by Gasteiger charge is 2.22. The van der Waals surface area contributed by atoms with E-state index in [1.165, 1.54) is 24.9 Å². The molecule has 1 fully saturated rings. The minimum absolute atomic E-state index is 0.652. The van der Waals surface area contributed by atoms with Crippen molar-refractivity contribution in [3.63, 3.8) is 0 Å². The Morgan fingerprint density at radius 2 is 1.93 bits per heavy atom. The predicted octanol–water partition coefficient (Wildman–Crippen LogP) is 2.87. The molecule has 76 valence electrons. The van der Waals surface area contributed by atoms with E-state index in [2.05, 4.69) is 24.4 Å². The van der Waals surface area contributed by atoms with Gasteiger partial charge >= 0.3 is 0 Å². The quantitative estimate of drug-likeness (QED) is 0.704. The molecule has 0 amide bonds. The average molecular weight is 190 g/mol. The molecule has 14 heavy (non-hydrogen) atoms. The number of nitrogen functional groups attached to an aromatic ring is 1. The van der Waals surface area contributed by atoms with Gasteiger partial charge < -0.3 is 11.1 Å². The Morgan fingerprint density at radius 3 is 2.50 bits per heavy atom. The van der Waals surface area contributed by atoms with Crippen molar-refractivity contribution in [3.05, 3.63) is 24.3 Å². The van der Waals surface area contributed by atoms with Gasteiger partial charge in [0.05, 0.1) is 0 Å². The third kappa shape index (κ3) is 2.00. The van der Waals surface area contributed by atoms with E-state index in [-0.39, 0.29) is 0 Å². The van der Waals surface area contributed by atoms with E-state index < -0.39 is 0 Å². The van der Waals surface area contributed by atoms with E-state index in [4.69, 9.17) is 5.73 Å². The molecule has 3 N–H and O–H groups in total. The number of benzene rings is 1. The van der Waals surface area contributed by atoms with Crippen molar-refractivity contribution in [3.8, 4) is 0 Å². The van der Waals surface area contributed by atoms with Gasteiger partial charge in [-0.1, -0.05) is 13.3 Å². The number of anilines is 2. The van der Waals surface area contributed by atoms with Crippen LogP contribution in [0.1, 0.15) is 26.2 Å². The van der Waals surface area contributed by atoms with Gasteiger partial charge in [-0.3, -0.25) is 0 Å². The van der Waals surface area contributed by atoms with Crippen molar-refractivity contribution in [2.24, 2.45) is 5.92 Å². The zero-order valence-electron chi connectivity index (χ0n) is 8.66. The number of rotatable bonds is 2. The Labute approximate surface area is 85.5 Å². The number of nitrogens with one attached hydrogen (secondary N) is 1. The molecule has 2 heteroatoms. The number of hydrogen-bond donors (Lipinski definition) is 2. The van der Waals surface area contributed by atoms with Gasteiger partial charge in [0.25, 0.3) is 0 Å². The van der Waals surface area contributed by atoms with Crippen LogP contribution in [0.4, 0.5) is 11.4 Å². The number of nitrogens with two attached hydrogens (primary N) is 1. The first kappa shape index (κ1) is 9.38. The molecule has 0 radical (unpaired) electrons. The van der Waals surface area contributed by atoms with Gasteiger partial charge in [-0.15, -0.1) is 0 Å². The van der Waals surface area contributed by atoms with E-state index in [9.17, 15) is 0 Å². The lowest BCUT2D eigenvalue weighted by Gasteiger charge is -2.18. The smallest absolute Gasteiger partial charge is 0.0343 e. The minimum Gasteiger partial charge on any atom is -0.399 e. The highest BCUT2D eigenvalue weighted by Crippen LogP contribution is 2.28. The molecule has 1 aromatic carbocycles. The van der Waals surface area contributed by atoms with E-state index in [1.54, 1.807) is 0 Å². The van der Waals surface area contributed by atoms with Gasteiger partial charge in [0, 0.05) is 17.4 Å². The Hall–Kier alpha value is -1.18. The van der Waals surface area contributed by atoms with Crippen LogP contribution in [0.25, 0.3) is 0 Å². The van der Waals surface area contributed by atoms with Crippen molar-refractivity contribution in [1.29, 1.82) is 0 Å². The molecule has 1 aliphatic carbocycles. The monoisotopic (exact) mass is 190 g/mol. The van der Waals surface area contributed by atoms with Crippen molar-refractivity contribution in [1.82, 2.24) is 0 Å². The molecule has 0 bridgehead atoms. The second-order valence-corrected chi connectivity index (χ2v) is 4.28. The van der Waals surface area contributed by atoms with Crippen molar-refractivity contribution < 1.29 is 0 Å². The molecule has 2 rings (SSSR count). The van der Waals surface area contributed by atoms with Crippen LogP contribution < -0.4 is 11.1 Å². The first-order valence-electron chi connectivity index (χ1n) is 5.38. The molecule has 2 nitrogen and oxygen atoms in total. The topological polar surface area (TPSA) is 38.0 Å². The van der Waals surface area contributed by atoms with E-state index >= 15 is 0 Å². The standard InChI is InChI=1S/C12H18N2/c1-9-3-2-4-12(9)14-11-7-5-10(13)6-8-11/h5-9,12,14H,2-4,13H2,1H3. The molecule has 2 unspecified atom stereocenters. The van der Waals surface area contributed by atoms with Crippen LogP contribution in [0.2, 0.25) is 0 Å². The van der Waals surface area contributed by atoms with E-state index in [0.717, 1.165) is 11.6 Å². The highest BCUT2D eigenvalue weighted by molar-refractivity contribution is 5.51. The predicted molar refractivity (Wildman–Crippen MR) is 61.3 cm³/mol. The summed E-state index contributed by atoms with van der Waals surface area (Å²) in [5.74, 6) is 0.799. The van der Waals surface area contributed by atoms with E-state index in [0.29, 0.717) is 6.04 Å². The summed E-state index contributed by atoms with van der Waals surface area (Å²) in [4.78, 5) is 0. The summed E-state index contributed by atoms with van der Waals surface area (Å²) in [7, 11) is 0. The van der Waals surface area contributed by atoms with Crippen LogP contribution in [-0.2, 0) is 0 Å². The molecule has 2 atom stereocenters. The summed E-state index contributed by atoms with van der Waals surface area (Å²) in [6.07, 6.45) is 4.01. The maximum Gasteiger partial charge on any atom is 0.0343 e. The lowest BCUT2D eigenvalue weighted by molar-refractivity contribution is 0.556. The SMILES string of the molecule is CC1CCCC1Nc1ccc(N)cc1. The molecular weight excluding hydrogens is 172 g/mol. The highest BCUT2D eigenvalue weighted by atomic mass is 14.9. The summed E-state index contributed by atoms with van der Waals surface area (Å²) in [6.45, 7) is 2.32. The van der Waals surface area contributed by atoms with Crippen molar-refractivity contribution >= 4 is 11.4 Å². The van der Waals surface area contributed by atoms with Crippen LogP contribution in [0, 0.1) is 5.92 Å². The van der Waals surface area contributed by atoms with Gasteiger partial charge in [0.15, 0.2) is 0 Å². The average Bonchev–Trinajstić information content (AvgIpc) is 2.56. The summed E-state index contributed by atoms with van der Waals surface area (Å²) in [5.41, 5.74) is 7.66. The van der Waals surface area contributed by atoms with Crippen LogP contribution in [0.5, 0.6) is 0 Å². The molecule has 0 heterocycles. The van der Waals surface area contributed by atoms with Gasteiger partial charge in [-0.25, -0.2) is 0 Å². The minimum atomic E-state index is 0.652. The lowest BCUT2D eigenvalue weighted by atomic mass is 10.1. The van der Waals surface area contributed by atoms with Crippen molar-refractivity contribution in [2.75, 3.05) is 11.1 Å². The van der Waals surface area contributed by atoms with Crippen LogP contribution in [0.3, 0.4) is 0 Å². The Kier molecular flexibility index (Phi) is 2.62. The second kappa shape index (κ2) is 3.91. The fourth-order valence-corrected chi connectivity index (χ4v) is 2.15. The molecule has 1 saturated carbocycles. The van der Waals surface area contributed by atoms with Gasteiger partial charge in [-0.2, -0.15) is 0 Å². The summed E-state index contributed by atoms with van der Waals surface area (Å²) < 4.78 is 0. The molecule has 0 spiro atoms. The number of hydrogen-bond acceptors (Lipinski definition) is 2. The summed E-state index contributed by atoms with van der Waals surface area (Å²) >= 11 is 0. The Balaban J connectivity index is 2.00. The maximum absolute atomic E-state index is 5.63. The molecular formula is C12H18N2. The Bertz CT molecular complexity index is 292. The first-order valence-corrected chi connectivity index (χ1v) is 5.38. The van der Waals surface area contributed by atoms with Crippen LogP contribution in [0.15, 0.2) is 24.3 Å².